The summed E-state index contributed by atoms with van der Waals surface area (Å²) in [6, 6.07) is 0. The number of H-pyrrole nitrogens is 1. The lowest BCUT2D eigenvalue weighted by molar-refractivity contribution is 1.07. The van der Waals surface area contributed by atoms with Gasteiger partial charge in [-0.15, -0.1) is 11.3 Å². The highest BCUT2D eigenvalue weighted by Crippen LogP contribution is 2.38. The number of nitrogens with zero attached hydrogens (tertiary/aromatic N) is 2. The number of nitrogens with one attached hydrogen (secondary N) is 2. The maximum Gasteiger partial charge on any atom is 0.304 e. The minimum absolute atomic E-state index is 0.0543. The summed E-state index contributed by atoms with van der Waals surface area (Å²) in [6.07, 6.45) is 0. The van der Waals surface area contributed by atoms with E-state index in [-0.39, 0.29) is 4.87 Å². The summed E-state index contributed by atoms with van der Waals surface area (Å²) in [4.78, 5) is 18.2. The number of nitrogen functional groups attached to an aromatic ring is 1. The lowest BCUT2D eigenvalue weighted by Crippen LogP contribution is -2.02. The number of aromatic nitrogens is 3. The van der Waals surface area contributed by atoms with Crippen LogP contribution in [0, 0.1) is 6.92 Å². The second-order valence-corrected chi connectivity index (χ2v) is 6.57. The molecule has 0 unspecified atom stereocenters. The van der Waals surface area contributed by atoms with E-state index in [9.17, 15) is 4.79 Å². The highest BCUT2D eigenvalue weighted by Gasteiger charge is 2.16. The molecule has 0 aliphatic carbocycles. The zero-order valence-electron chi connectivity index (χ0n) is 10.5. The van der Waals surface area contributed by atoms with Crippen molar-refractivity contribution in [1.29, 1.82) is 0 Å². The Morgan fingerprint density at radius 2 is 2.25 bits per heavy atom. The summed E-state index contributed by atoms with van der Waals surface area (Å²) in [5.74, 6) is 0.477. The fourth-order valence-electron chi connectivity index (χ4n) is 1.67. The van der Waals surface area contributed by atoms with Crippen LogP contribution in [0.15, 0.2) is 15.6 Å². The molecule has 9 heteroatoms. The average Bonchev–Trinajstić information content (AvgIpc) is 3.09. The van der Waals surface area contributed by atoms with Crippen LogP contribution in [0.2, 0.25) is 0 Å². The van der Waals surface area contributed by atoms with Crippen molar-refractivity contribution in [3.8, 4) is 10.6 Å². The first-order valence-corrected chi connectivity index (χ1v) is 8.25. The van der Waals surface area contributed by atoms with Crippen LogP contribution in [-0.4, -0.2) is 14.3 Å². The van der Waals surface area contributed by atoms with Gasteiger partial charge in [0.2, 0.25) is 0 Å². The fraction of sp³-hybridized carbons (Fsp3) is 0.182. The van der Waals surface area contributed by atoms with Crippen molar-refractivity contribution in [2.45, 2.75) is 13.5 Å². The van der Waals surface area contributed by atoms with Gasteiger partial charge in [-0.2, -0.15) is 4.37 Å². The van der Waals surface area contributed by atoms with Gasteiger partial charge in [0, 0.05) is 22.1 Å². The maximum absolute atomic E-state index is 11.1. The van der Waals surface area contributed by atoms with Crippen LogP contribution in [0.3, 0.4) is 0 Å². The summed E-state index contributed by atoms with van der Waals surface area (Å²) in [5, 5.41) is 8.75. The van der Waals surface area contributed by atoms with Crippen molar-refractivity contribution in [3.63, 3.8) is 0 Å². The molecule has 0 amide bonds. The molecule has 0 bridgehead atoms. The van der Waals surface area contributed by atoms with Gasteiger partial charge >= 0.3 is 4.87 Å². The molecule has 4 N–H and O–H groups in total. The molecule has 0 aliphatic rings. The number of thiazole rings is 2. The predicted octanol–water partition coefficient (Wildman–Crippen LogP) is 2.52. The Balaban J connectivity index is 1.85. The molecule has 3 rings (SSSR count). The van der Waals surface area contributed by atoms with E-state index in [4.69, 9.17) is 5.73 Å². The number of hydrogen-bond donors (Lipinski definition) is 3. The summed E-state index contributed by atoms with van der Waals surface area (Å²) in [7, 11) is 0. The molecular weight excluding hydrogens is 314 g/mol. The molecule has 0 aromatic carbocycles. The van der Waals surface area contributed by atoms with Gasteiger partial charge in [0.1, 0.15) is 15.8 Å². The summed E-state index contributed by atoms with van der Waals surface area (Å²) >= 11 is 3.99. The number of anilines is 2. The van der Waals surface area contributed by atoms with Crippen LogP contribution in [-0.2, 0) is 6.54 Å². The highest BCUT2D eigenvalue weighted by atomic mass is 32.1. The fourth-order valence-corrected chi connectivity index (χ4v) is 3.89. The smallest absolute Gasteiger partial charge is 0.304 e. The first kappa shape index (κ1) is 13.3. The molecule has 20 heavy (non-hydrogen) atoms. The van der Waals surface area contributed by atoms with Crippen LogP contribution in [0.4, 0.5) is 10.8 Å². The lowest BCUT2D eigenvalue weighted by atomic mass is 10.3. The second-order valence-electron chi connectivity index (χ2n) is 4.09. The van der Waals surface area contributed by atoms with Gasteiger partial charge in [0.25, 0.3) is 0 Å². The van der Waals surface area contributed by atoms with Crippen LogP contribution in [0.1, 0.15) is 11.4 Å². The Morgan fingerprint density at radius 1 is 1.40 bits per heavy atom. The second kappa shape index (κ2) is 5.35. The molecular formula is C11H11N5OS3. The minimum atomic E-state index is -0.0543. The van der Waals surface area contributed by atoms with Crippen LogP contribution in [0.5, 0.6) is 0 Å². The quantitative estimate of drug-likeness (QED) is 0.685. The zero-order valence-corrected chi connectivity index (χ0v) is 12.9. The Morgan fingerprint density at radius 3 is 2.90 bits per heavy atom. The molecule has 0 aliphatic heterocycles. The van der Waals surface area contributed by atoms with Crippen molar-refractivity contribution in [2.24, 2.45) is 0 Å². The molecule has 0 saturated heterocycles. The van der Waals surface area contributed by atoms with E-state index in [2.05, 4.69) is 19.7 Å². The Hall–Kier alpha value is -1.71. The van der Waals surface area contributed by atoms with Crippen molar-refractivity contribution in [2.75, 3.05) is 11.1 Å². The van der Waals surface area contributed by atoms with Gasteiger partial charge in [-0.3, -0.25) is 4.79 Å². The predicted molar refractivity (Wildman–Crippen MR) is 84.6 cm³/mol. The van der Waals surface area contributed by atoms with Crippen LogP contribution < -0.4 is 15.9 Å². The average molecular weight is 325 g/mol. The van der Waals surface area contributed by atoms with E-state index in [1.54, 1.807) is 16.7 Å². The summed E-state index contributed by atoms with van der Waals surface area (Å²) in [6.45, 7) is 2.47. The standard InChI is InChI=1S/C11H11N5OS3/c1-5-3-18-10(14-5)7-8(12)16-20-9(7)13-2-6-4-19-11(17)15-6/h3-4,13H,2H2,1H3,(H2,12,16)(H,15,17). The molecule has 3 aromatic heterocycles. The molecule has 104 valence electrons. The molecule has 0 radical (unpaired) electrons. The number of hydrogen-bond acceptors (Lipinski definition) is 8. The molecule has 6 nitrogen and oxygen atoms in total. The van der Waals surface area contributed by atoms with Gasteiger partial charge in [0.15, 0.2) is 0 Å². The topological polar surface area (TPSA) is 96.7 Å². The van der Waals surface area contributed by atoms with E-state index in [0.29, 0.717) is 12.4 Å². The van der Waals surface area contributed by atoms with E-state index in [1.807, 2.05) is 12.3 Å². The van der Waals surface area contributed by atoms with Crippen molar-refractivity contribution in [3.05, 3.63) is 31.8 Å². The highest BCUT2D eigenvalue weighted by molar-refractivity contribution is 7.15. The largest absolute Gasteiger partial charge is 0.382 e. The van der Waals surface area contributed by atoms with Crippen molar-refractivity contribution in [1.82, 2.24) is 14.3 Å². The number of aromatic amines is 1. The monoisotopic (exact) mass is 325 g/mol. The number of rotatable bonds is 4. The Kier molecular flexibility index (Phi) is 3.55. The van der Waals surface area contributed by atoms with Crippen LogP contribution >= 0.6 is 34.2 Å². The molecule has 3 aromatic rings. The first-order valence-electron chi connectivity index (χ1n) is 5.71. The zero-order chi connectivity index (χ0) is 14.1. The minimum Gasteiger partial charge on any atom is -0.382 e. The molecule has 0 saturated carbocycles. The third-order valence-corrected chi connectivity index (χ3v) is 5.08. The van der Waals surface area contributed by atoms with Gasteiger partial charge in [0.05, 0.1) is 12.1 Å². The van der Waals surface area contributed by atoms with Crippen molar-refractivity contribution < 1.29 is 0 Å². The SMILES string of the molecule is Cc1csc(-c2c(N)nsc2NCc2csc(=O)[nH]2)n1. The summed E-state index contributed by atoms with van der Waals surface area (Å²) < 4.78 is 4.17. The lowest BCUT2D eigenvalue weighted by Gasteiger charge is -2.03. The molecule has 0 fully saturated rings. The van der Waals surface area contributed by atoms with Crippen molar-refractivity contribution >= 4 is 45.0 Å². The number of nitrogens with two attached hydrogens (primary N) is 1. The Labute approximate surface area is 126 Å². The van der Waals surface area contributed by atoms with E-state index in [1.165, 1.54) is 11.5 Å². The van der Waals surface area contributed by atoms with E-state index in [0.717, 1.165) is 38.3 Å². The van der Waals surface area contributed by atoms with E-state index >= 15 is 0 Å². The summed E-state index contributed by atoms with van der Waals surface area (Å²) in [5.41, 5.74) is 8.57. The van der Waals surface area contributed by atoms with Gasteiger partial charge in [-0.1, -0.05) is 11.3 Å². The molecule has 0 atom stereocenters. The third kappa shape index (κ3) is 2.60. The molecule has 3 heterocycles. The number of aryl methyl sites for hydroxylation is 1. The Bertz CT molecular complexity index is 784. The van der Waals surface area contributed by atoms with E-state index < -0.39 is 0 Å². The molecule has 0 spiro atoms. The normalized spacial score (nSPS) is 10.8. The van der Waals surface area contributed by atoms with Crippen LogP contribution in [0.25, 0.3) is 10.6 Å². The third-order valence-electron chi connectivity index (χ3n) is 2.56. The maximum atomic E-state index is 11.1. The van der Waals surface area contributed by atoms with Gasteiger partial charge in [-0.05, 0) is 18.5 Å². The van der Waals surface area contributed by atoms with Gasteiger partial charge in [-0.25, -0.2) is 4.98 Å². The first-order chi connectivity index (χ1) is 9.63. The van der Waals surface area contributed by atoms with Gasteiger partial charge < -0.3 is 16.0 Å².